The highest BCUT2D eigenvalue weighted by molar-refractivity contribution is 5.51. The van der Waals surface area contributed by atoms with Gasteiger partial charge in [0.25, 0.3) is 0 Å². The third-order valence-electron chi connectivity index (χ3n) is 1.50. The van der Waals surface area contributed by atoms with Gasteiger partial charge >= 0.3 is 0 Å². The molecule has 0 aromatic rings. The van der Waals surface area contributed by atoms with E-state index in [9.17, 15) is 0 Å². The minimum atomic E-state index is 0.552. The Kier molecular flexibility index (Phi) is 1.51. The lowest BCUT2D eigenvalue weighted by molar-refractivity contribution is 0.517. The normalized spacial score (nSPS) is 28.6. The van der Waals surface area contributed by atoms with Crippen LogP contribution in [0, 0.1) is 18.3 Å². The molecule has 0 spiro atoms. The lowest BCUT2D eigenvalue weighted by Crippen LogP contribution is -2.16. The zero-order valence-corrected chi connectivity index (χ0v) is 4.93. The summed E-state index contributed by atoms with van der Waals surface area (Å²) in [5, 5.41) is 6.86. The smallest absolute Gasteiger partial charge is 0.0817 e. The number of nitrogens with one attached hydrogen (secondary N) is 1. The number of hydrogen-bond donors (Lipinski definition) is 1. The van der Waals surface area contributed by atoms with Gasteiger partial charge in [-0.2, -0.15) is 0 Å². The summed E-state index contributed by atoms with van der Waals surface area (Å²) in [5.41, 5.74) is 0. The van der Waals surface area contributed by atoms with E-state index in [-0.39, 0.29) is 0 Å². The van der Waals surface area contributed by atoms with Gasteiger partial charge in [0.15, 0.2) is 0 Å². The SMILES string of the molecule is [CH2][C@H]1CCN(C=N)C1. The molecule has 0 aliphatic carbocycles. The summed E-state index contributed by atoms with van der Waals surface area (Å²) in [7, 11) is 0. The highest BCUT2D eigenvalue weighted by Gasteiger charge is 2.14. The van der Waals surface area contributed by atoms with E-state index in [0.29, 0.717) is 5.92 Å². The molecule has 1 radical (unpaired) electrons. The number of hydrogen-bond acceptors (Lipinski definition) is 1. The molecule has 8 heavy (non-hydrogen) atoms. The molecule has 1 N–H and O–H groups in total. The minimum Gasteiger partial charge on any atom is -0.363 e. The summed E-state index contributed by atoms with van der Waals surface area (Å²) in [4.78, 5) is 1.98. The van der Waals surface area contributed by atoms with Crippen molar-refractivity contribution in [3.8, 4) is 0 Å². The Morgan fingerprint density at radius 3 is 2.75 bits per heavy atom. The van der Waals surface area contributed by atoms with E-state index in [0.717, 1.165) is 19.5 Å². The third-order valence-corrected chi connectivity index (χ3v) is 1.50. The maximum Gasteiger partial charge on any atom is 0.0817 e. The molecule has 1 heterocycles. The fourth-order valence-electron chi connectivity index (χ4n) is 0.980. The van der Waals surface area contributed by atoms with Crippen molar-refractivity contribution in [1.82, 2.24) is 4.90 Å². The molecule has 1 saturated heterocycles. The predicted octanol–water partition coefficient (Wildman–Crippen LogP) is 0.749. The molecule has 1 fully saturated rings. The second-order valence-electron chi connectivity index (χ2n) is 2.28. The van der Waals surface area contributed by atoms with E-state index in [2.05, 4.69) is 6.92 Å². The van der Waals surface area contributed by atoms with Crippen LogP contribution >= 0.6 is 0 Å². The lowest BCUT2D eigenvalue weighted by Gasteiger charge is -2.07. The van der Waals surface area contributed by atoms with Gasteiger partial charge in [-0.25, -0.2) is 0 Å². The standard InChI is InChI=1S/C6H11N2/c1-6-2-3-8(4-6)5-7/h5-7H,1-4H2/t6-/m0/s1. The second-order valence-corrected chi connectivity index (χ2v) is 2.28. The van der Waals surface area contributed by atoms with Crippen LogP contribution in [0.5, 0.6) is 0 Å². The van der Waals surface area contributed by atoms with Crippen molar-refractivity contribution in [2.75, 3.05) is 13.1 Å². The van der Waals surface area contributed by atoms with Gasteiger partial charge in [-0.3, -0.25) is 5.41 Å². The Bertz CT molecular complexity index is 90.5. The Morgan fingerprint density at radius 1 is 1.75 bits per heavy atom. The van der Waals surface area contributed by atoms with Gasteiger partial charge < -0.3 is 4.90 Å². The summed E-state index contributed by atoms with van der Waals surface area (Å²) in [6.07, 6.45) is 2.54. The summed E-state index contributed by atoms with van der Waals surface area (Å²) >= 11 is 0. The number of likely N-dealkylation sites (tertiary alicyclic amines) is 1. The Hall–Kier alpha value is -0.530. The van der Waals surface area contributed by atoms with Crippen molar-refractivity contribution >= 4 is 6.34 Å². The first-order chi connectivity index (χ1) is 3.83. The molecule has 0 aromatic heterocycles. The van der Waals surface area contributed by atoms with E-state index >= 15 is 0 Å². The van der Waals surface area contributed by atoms with Gasteiger partial charge in [-0.1, -0.05) is 0 Å². The molecule has 1 aliphatic heterocycles. The molecule has 1 rings (SSSR count). The van der Waals surface area contributed by atoms with Crippen molar-refractivity contribution in [2.45, 2.75) is 6.42 Å². The highest BCUT2D eigenvalue weighted by atomic mass is 15.1. The van der Waals surface area contributed by atoms with Gasteiger partial charge in [0.05, 0.1) is 6.34 Å². The molecule has 45 valence electrons. The van der Waals surface area contributed by atoms with Crippen LogP contribution in [0.25, 0.3) is 0 Å². The quantitative estimate of drug-likeness (QED) is 0.392. The van der Waals surface area contributed by atoms with Crippen LogP contribution in [0.2, 0.25) is 0 Å². The van der Waals surface area contributed by atoms with Crippen LogP contribution in [0.3, 0.4) is 0 Å². The first-order valence-corrected chi connectivity index (χ1v) is 2.90. The fourth-order valence-corrected chi connectivity index (χ4v) is 0.980. The summed E-state index contributed by atoms with van der Waals surface area (Å²) in [6, 6.07) is 0. The van der Waals surface area contributed by atoms with Gasteiger partial charge in [-0.15, -0.1) is 0 Å². The Balaban J connectivity index is 2.32. The van der Waals surface area contributed by atoms with Gasteiger partial charge in [0.2, 0.25) is 0 Å². The van der Waals surface area contributed by atoms with E-state index < -0.39 is 0 Å². The van der Waals surface area contributed by atoms with Crippen LogP contribution < -0.4 is 0 Å². The van der Waals surface area contributed by atoms with E-state index in [1.165, 1.54) is 6.34 Å². The highest BCUT2D eigenvalue weighted by Crippen LogP contribution is 2.11. The minimum absolute atomic E-state index is 0.552. The van der Waals surface area contributed by atoms with E-state index in [1.54, 1.807) is 0 Å². The zero-order valence-electron chi connectivity index (χ0n) is 4.93. The Labute approximate surface area is 50.0 Å². The molecule has 0 amide bonds. The largest absolute Gasteiger partial charge is 0.363 e. The molecule has 0 aromatic carbocycles. The summed E-state index contributed by atoms with van der Waals surface area (Å²) in [5.74, 6) is 0.552. The maximum absolute atomic E-state index is 6.86. The molecule has 0 unspecified atom stereocenters. The number of nitrogens with zero attached hydrogens (tertiary/aromatic N) is 1. The molecule has 2 heteroatoms. The second kappa shape index (κ2) is 2.16. The van der Waals surface area contributed by atoms with Crippen LogP contribution in [0.4, 0.5) is 0 Å². The fraction of sp³-hybridized carbons (Fsp3) is 0.667. The van der Waals surface area contributed by atoms with Crippen molar-refractivity contribution < 1.29 is 0 Å². The molecule has 0 bridgehead atoms. The predicted molar refractivity (Wildman–Crippen MR) is 33.8 cm³/mol. The molecular formula is C6H11N2. The van der Waals surface area contributed by atoms with Crippen molar-refractivity contribution in [3.05, 3.63) is 6.92 Å². The zero-order chi connectivity index (χ0) is 5.98. The van der Waals surface area contributed by atoms with Crippen LogP contribution in [0.1, 0.15) is 6.42 Å². The van der Waals surface area contributed by atoms with Gasteiger partial charge in [-0.05, 0) is 19.3 Å². The van der Waals surface area contributed by atoms with Crippen molar-refractivity contribution in [3.63, 3.8) is 0 Å². The van der Waals surface area contributed by atoms with E-state index in [4.69, 9.17) is 5.41 Å². The average molecular weight is 111 g/mol. The summed E-state index contributed by atoms with van der Waals surface area (Å²) < 4.78 is 0. The molecular weight excluding hydrogens is 100 g/mol. The molecule has 0 saturated carbocycles. The number of rotatable bonds is 1. The van der Waals surface area contributed by atoms with E-state index in [1.807, 2.05) is 4.90 Å². The molecule has 1 atom stereocenters. The van der Waals surface area contributed by atoms with Crippen molar-refractivity contribution in [2.24, 2.45) is 5.92 Å². The Morgan fingerprint density at radius 2 is 2.50 bits per heavy atom. The first-order valence-electron chi connectivity index (χ1n) is 2.90. The van der Waals surface area contributed by atoms with Crippen LogP contribution in [-0.4, -0.2) is 24.3 Å². The first kappa shape index (κ1) is 5.60. The molecule has 1 aliphatic rings. The molecule has 2 nitrogen and oxygen atoms in total. The third kappa shape index (κ3) is 0.997. The monoisotopic (exact) mass is 111 g/mol. The topological polar surface area (TPSA) is 27.1 Å². The average Bonchev–Trinajstić information content (AvgIpc) is 2.14. The van der Waals surface area contributed by atoms with Gasteiger partial charge in [0, 0.05) is 13.1 Å². The van der Waals surface area contributed by atoms with Crippen molar-refractivity contribution in [1.29, 1.82) is 5.41 Å². The van der Waals surface area contributed by atoms with Crippen LogP contribution in [-0.2, 0) is 0 Å². The maximum atomic E-state index is 6.86. The van der Waals surface area contributed by atoms with Crippen LogP contribution in [0.15, 0.2) is 0 Å². The van der Waals surface area contributed by atoms with Gasteiger partial charge in [0.1, 0.15) is 0 Å². The summed E-state index contributed by atoms with van der Waals surface area (Å²) in [6.45, 7) is 5.89. The lowest BCUT2D eigenvalue weighted by atomic mass is 10.2.